The number of amides is 1. The molecule has 0 unspecified atom stereocenters. The fourth-order valence-corrected chi connectivity index (χ4v) is 3.10. The van der Waals surface area contributed by atoms with Crippen LogP contribution in [0.5, 0.6) is 0 Å². The molecule has 3 N–H and O–H groups in total. The maximum Gasteiger partial charge on any atom is 0.251 e. The van der Waals surface area contributed by atoms with Gasteiger partial charge in [0, 0.05) is 36.0 Å². The number of halogens is 1. The van der Waals surface area contributed by atoms with Crippen LogP contribution in [-0.4, -0.2) is 26.0 Å². The molecule has 0 aliphatic rings. The molecule has 2 rings (SSSR count). The molecule has 0 fully saturated rings. The Morgan fingerprint density at radius 1 is 1.04 bits per heavy atom. The van der Waals surface area contributed by atoms with Crippen LogP contribution in [0.4, 0.5) is 0 Å². The maximum absolute atomic E-state index is 11.5. The fraction of sp³-hybridized carbons (Fsp3) is 0.333. The molecule has 0 spiro atoms. The van der Waals surface area contributed by atoms with Crippen molar-refractivity contribution >= 4 is 47.2 Å². The van der Waals surface area contributed by atoms with Gasteiger partial charge in [0.05, 0.1) is 6.54 Å². The van der Waals surface area contributed by atoms with Gasteiger partial charge in [0.15, 0.2) is 5.96 Å². The Balaban J connectivity index is 0.00000312. The summed E-state index contributed by atoms with van der Waals surface area (Å²) in [6.07, 6.45) is 1.07. The predicted molar refractivity (Wildman–Crippen MR) is 116 cm³/mol. The summed E-state index contributed by atoms with van der Waals surface area (Å²) < 4.78 is 0. The van der Waals surface area contributed by atoms with Crippen molar-refractivity contribution < 1.29 is 4.79 Å². The van der Waals surface area contributed by atoms with Crippen LogP contribution in [-0.2, 0) is 19.5 Å². The highest BCUT2D eigenvalue weighted by atomic mass is 127. The van der Waals surface area contributed by atoms with E-state index in [2.05, 4.69) is 40.0 Å². The summed E-state index contributed by atoms with van der Waals surface area (Å²) in [4.78, 5) is 18.5. The van der Waals surface area contributed by atoms with Crippen LogP contribution in [0.15, 0.2) is 41.4 Å². The van der Waals surface area contributed by atoms with Crippen LogP contribution in [0.1, 0.15) is 32.6 Å². The lowest BCUT2D eigenvalue weighted by atomic mass is 10.1. The highest BCUT2D eigenvalue weighted by molar-refractivity contribution is 14.0. The van der Waals surface area contributed by atoms with E-state index in [9.17, 15) is 4.79 Å². The predicted octanol–water partition coefficient (Wildman–Crippen LogP) is 3.15. The zero-order chi connectivity index (χ0) is 17.4. The Morgan fingerprint density at radius 2 is 1.68 bits per heavy atom. The van der Waals surface area contributed by atoms with E-state index in [4.69, 9.17) is 0 Å². The monoisotopic (exact) mass is 472 g/mol. The summed E-state index contributed by atoms with van der Waals surface area (Å²) >= 11 is 1.82. The van der Waals surface area contributed by atoms with E-state index in [1.807, 2.05) is 35.6 Å². The highest BCUT2D eigenvalue weighted by Crippen LogP contribution is 2.16. The van der Waals surface area contributed by atoms with Crippen LogP contribution >= 0.6 is 35.3 Å². The lowest BCUT2D eigenvalue weighted by Crippen LogP contribution is -2.36. The average molecular weight is 472 g/mol. The first-order valence-corrected chi connectivity index (χ1v) is 8.81. The minimum Gasteiger partial charge on any atom is -0.355 e. The third-order valence-electron chi connectivity index (χ3n) is 3.62. The SMILES string of the molecule is CCc1ccc(CNC(=NC)NCc2ccc(C(=O)NC)cc2)s1.I. The number of carbonyl (C=O) groups excluding carboxylic acids is 1. The third kappa shape index (κ3) is 6.66. The Labute approximate surface area is 170 Å². The summed E-state index contributed by atoms with van der Waals surface area (Å²) in [6.45, 7) is 3.58. The Bertz CT molecular complexity index is 697. The van der Waals surface area contributed by atoms with Gasteiger partial charge in [-0.2, -0.15) is 0 Å². The van der Waals surface area contributed by atoms with Crippen molar-refractivity contribution in [2.45, 2.75) is 26.4 Å². The van der Waals surface area contributed by atoms with Crippen LogP contribution in [0.3, 0.4) is 0 Å². The number of rotatable bonds is 6. The van der Waals surface area contributed by atoms with Crippen molar-refractivity contribution in [2.75, 3.05) is 14.1 Å². The molecule has 0 aliphatic carbocycles. The van der Waals surface area contributed by atoms with Gasteiger partial charge in [-0.15, -0.1) is 35.3 Å². The minimum atomic E-state index is -0.0746. The normalized spacial score (nSPS) is 10.8. The van der Waals surface area contributed by atoms with Crippen molar-refractivity contribution in [1.82, 2.24) is 16.0 Å². The van der Waals surface area contributed by atoms with Gasteiger partial charge >= 0.3 is 0 Å². The number of nitrogens with zero attached hydrogens (tertiary/aromatic N) is 1. The second kappa shape index (κ2) is 11.1. The van der Waals surface area contributed by atoms with E-state index in [0.29, 0.717) is 12.1 Å². The first-order chi connectivity index (χ1) is 11.7. The molecule has 25 heavy (non-hydrogen) atoms. The Hall–Kier alpha value is -1.61. The van der Waals surface area contributed by atoms with Gasteiger partial charge in [-0.1, -0.05) is 19.1 Å². The molecule has 5 nitrogen and oxygen atoms in total. The molecule has 1 aromatic heterocycles. The second-order valence-corrected chi connectivity index (χ2v) is 6.53. The molecule has 136 valence electrons. The third-order valence-corrected chi connectivity index (χ3v) is 4.85. The summed E-state index contributed by atoms with van der Waals surface area (Å²) in [5.41, 5.74) is 1.75. The van der Waals surface area contributed by atoms with E-state index in [1.54, 1.807) is 14.1 Å². The number of hydrogen-bond donors (Lipinski definition) is 3. The quantitative estimate of drug-likeness (QED) is 0.344. The topological polar surface area (TPSA) is 65.5 Å². The number of carbonyl (C=O) groups is 1. The molecular formula is C18H25IN4OS. The van der Waals surface area contributed by atoms with E-state index in [-0.39, 0.29) is 29.9 Å². The summed E-state index contributed by atoms with van der Waals surface area (Å²) in [5, 5.41) is 9.22. The van der Waals surface area contributed by atoms with Gasteiger partial charge in [-0.05, 0) is 36.2 Å². The van der Waals surface area contributed by atoms with Gasteiger partial charge in [-0.3, -0.25) is 9.79 Å². The van der Waals surface area contributed by atoms with Gasteiger partial charge in [-0.25, -0.2) is 0 Å². The first-order valence-electron chi connectivity index (χ1n) is 7.99. The minimum absolute atomic E-state index is 0. The number of aryl methyl sites for hydroxylation is 1. The smallest absolute Gasteiger partial charge is 0.251 e. The number of aliphatic imine (C=N–C) groups is 1. The van der Waals surface area contributed by atoms with E-state index in [0.717, 1.165) is 24.5 Å². The Morgan fingerprint density at radius 3 is 2.24 bits per heavy atom. The lowest BCUT2D eigenvalue weighted by molar-refractivity contribution is 0.0963. The van der Waals surface area contributed by atoms with Gasteiger partial charge < -0.3 is 16.0 Å². The largest absolute Gasteiger partial charge is 0.355 e. The van der Waals surface area contributed by atoms with Crippen LogP contribution < -0.4 is 16.0 Å². The molecule has 1 heterocycles. The molecule has 0 aliphatic heterocycles. The summed E-state index contributed by atoms with van der Waals surface area (Å²) in [6, 6.07) is 11.9. The molecule has 0 bridgehead atoms. The van der Waals surface area contributed by atoms with Crippen molar-refractivity contribution in [3.05, 3.63) is 57.3 Å². The van der Waals surface area contributed by atoms with E-state index < -0.39 is 0 Å². The molecule has 1 aromatic carbocycles. The maximum atomic E-state index is 11.5. The zero-order valence-corrected chi connectivity index (χ0v) is 17.9. The second-order valence-electron chi connectivity index (χ2n) is 5.28. The molecule has 0 radical (unpaired) electrons. The lowest BCUT2D eigenvalue weighted by Gasteiger charge is -2.11. The van der Waals surface area contributed by atoms with Crippen molar-refractivity contribution in [3.8, 4) is 0 Å². The van der Waals surface area contributed by atoms with Crippen LogP contribution in [0, 0.1) is 0 Å². The van der Waals surface area contributed by atoms with Gasteiger partial charge in [0.2, 0.25) is 0 Å². The number of thiophene rings is 1. The van der Waals surface area contributed by atoms with Crippen LogP contribution in [0.2, 0.25) is 0 Å². The first kappa shape index (κ1) is 21.4. The molecule has 1 amide bonds. The Kier molecular flexibility index (Phi) is 9.51. The summed E-state index contributed by atoms with van der Waals surface area (Å²) in [5.74, 6) is 0.686. The average Bonchev–Trinajstić information content (AvgIpc) is 3.09. The zero-order valence-electron chi connectivity index (χ0n) is 14.8. The number of hydrogen-bond acceptors (Lipinski definition) is 3. The van der Waals surface area contributed by atoms with Gasteiger partial charge in [0.1, 0.15) is 0 Å². The van der Waals surface area contributed by atoms with Crippen molar-refractivity contribution in [3.63, 3.8) is 0 Å². The van der Waals surface area contributed by atoms with E-state index in [1.165, 1.54) is 9.75 Å². The molecule has 0 saturated carbocycles. The molecule has 7 heteroatoms. The highest BCUT2D eigenvalue weighted by Gasteiger charge is 2.04. The molecule has 0 saturated heterocycles. The molecular weight excluding hydrogens is 447 g/mol. The van der Waals surface area contributed by atoms with Crippen molar-refractivity contribution in [2.24, 2.45) is 4.99 Å². The number of guanidine groups is 1. The van der Waals surface area contributed by atoms with Gasteiger partial charge in [0.25, 0.3) is 5.91 Å². The van der Waals surface area contributed by atoms with Crippen molar-refractivity contribution in [1.29, 1.82) is 0 Å². The molecule has 0 atom stereocenters. The van der Waals surface area contributed by atoms with E-state index >= 15 is 0 Å². The summed E-state index contributed by atoms with van der Waals surface area (Å²) in [7, 11) is 3.39. The number of benzene rings is 1. The standard InChI is InChI=1S/C18H24N4OS.HI/c1-4-15-9-10-16(24-15)12-22-18(20-3)21-11-13-5-7-14(8-6-13)17(23)19-2;/h5-10H,4,11-12H2,1-3H3,(H,19,23)(H2,20,21,22);1H. The molecule has 2 aromatic rings. The van der Waals surface area contributed by atoms with Crippen LogP contribution in [0.25, 0.3) is 0 Å². The number of nitrogens with one attached hydrogen (secondary N) is 3. The fourth-order valence-electron chi connectivity index (χ4n) is 2.20.